The van der Waals surface area contributed by atoms with Crippen molar-refractivity contribution in [3.8, 4) is 11.5 Å². The summed E-state index contributed by atoms with van der Waals surface area (Å²) in [7, 11) is 0. The summed E-state index contributed by atoms with van der Waals surface area (Å²) >= 11 is 0. The molecule has 10 nitrogen and oxygen atoms in total. The normalized spacial score (nSPS) is 12.4. The Morgan fingerprint density at radius 3 is 1.50 bits per heavy atom. The Morgan fingerprint density at radius 1 is 0.621 bits per heavy atom. The number of amides is 2. The SMILES string of the molecule is CC(C)C[C@H](NC(=O)OCc1ccccc1)C(=O)N[C@@H](Cc1ccccc1)C(=O)O.O=C(C(F)(F)Oc1ccc(F)c(F)c1F)C(F)(F)Oc1ccc(F)c(F)c1F. The van der Waals surface area contributed by atoms with E-state index in [1.54, 1.807) is 12.1 Å². The van der Waals surface area contributed by atoms with Crippen LogP contribution < -0.4 is 20.1 Å². The number of ether oxygens (including phenoxy) is 3. The number of hydrogen-bond donors (Lipinski definition) is 3. The number of nitrogens with one attached hydrogen (secondary N) is 2. The number of alkyl carbamates (subject to hydrolysis) is 1. The van der Waals surface area contributed by atoms with Crippen LogP contribution in [0.5, 0.6) is 11.5 Å². The molecular formula is C38H32F10N2O8. The second-order valence-electron chi connectivity index (χ2n) is 12.4. The molecule has 0 spiro atoms. The fourth-order valence-corrected chi connectivity index (χ4v) is 4.64. The maximum absolute atomic E-state index is 13.6. The molecule has 4 aromatic carbocycles. The van der Waals surface area contributed by atoms with Gasteiger partial charge in [-0.2, -0.15) is 26.3 Å². The Labute approximate surface area is 322 Å². The fourth-order valence-electron chi connectivity index (χ4n) is 4.64. The highest BCUT2D eigenvalue weighted by atomic mass is 19.3. The van der Waals surface area contributed by atoms with E-state index in [2.05, 4.69) is 20.1 Å². The Morgan fingerprint density at radius 2 is 1.07 bits per heavy atom. The van der Waals surface area contributed by atoms with E-state index in [-0.39, 0.29) is 43.2 Å². The maximum atomic E-state index is 13.6. The number of benzene rings is 4. The number of carbonyl (C=O) groups is 4. The molecule has 0 saturated heterocycles. The molecule has 0 aliphatic rings. The number of hydrogen-bond acceptors (Lipinski definition) is 7. The van der Waals surface area contributed by atoms with Gasteiger partial charge in [-0.15, -0.1) is 0 Å². The molecule has 2 amide bonds. The molecule has 4 rings (SSSR count). The first-order valence-corrected chi connectivity index (χ1v) is 16.6. The van der Waals surface area contributed by atoms with Crippen molar-refractivity contribution in [1.29, 1.82) is 0 Å². The molecule has 0 heterocycles. The summed E-state index contributed by atoms with van der Waals surface area (Å²) < 4.78 is 144. The van der Waals surface area contributed by atoms with Crippen LogP contribution in [0.3, 0.4) is 0 Å². The van der Waals surface area contributed by atoms with Gasteiger partial charge in [0.25, 0.3) is 0 Å². The van der Waals surface area contributed by atoms with Crippen molar-refractivity contribution in [2.75, 3.05) is 0 Å². The van der Waals surface area contributed by atoms with Gasteiger partial charge in [0, 0.05) is 6.42 Å². The average Bonchev–Trinajstić information content (AvgIpc) is 3.17. The van der Waals surface area contributed by atoms with Crippen LogP contribution in [0, 0.1) is 40.8 Å². The maximum Gasteiger partial charge on any atom is 0.471 e. The van der Waals surface area contributed by atoms with Gasteiger partial charge >= 0.3 is 30.1 Å². The predicted octanol–water partition coefficient (Wildman–Crippen LogP) is 7.87. The van der Waals surface area contributed by atoms with E-state index in [0.717, 1.165) is 11.1 Å². The quantitative estimate of drug-likeness (QED) is 0.0766. The third-order valence-corrected chi connectivity index (χ3v) is 7.43. The monoisotopic (exact) mass is 834 g/mol. The second kappa shape index (κ2) is 20.2. The van der Waals surface area contributed by atoms with Gasteiger partial charge in [-0.3, -0.25) is 9.59 Å². The molecule has 58 heavy (non-hydrogen) atoms. The lowest BCUT2D eigenvalue weighted by Gasteiger charge is -2.22. The van der Waals surface area contributed by atoms with E-state index < -0.39 is 94.5 Å². The Balaban J connectivity index is 0.000000311. The minimum absolute atomic E-state index is 0.0724. The van der Waals surface area contributed by atoms with Gasteiger partial charge in [0.2, 0.25) is 17.5 Å². The van der Waals surface area contributed by atoms with Crippen molar-refractivity contribution in [2.24, 2.45) is 5.92 Å². The van der Waals surface area contributed by atoms with Crippen molar-refractivity contribution in [3.05, 3.63) is 131 Å². The first-order valence-electron chi connectivity index (χ1n) is 16.6. The zero-order valence-electron chi connectivity index (χ0n) is 30.0. The Bertz CT molecular complexity index is 1980. The largest absolute Gasteiger partial charge is 0.480 e. The molecule has 312 valence electrons. The third kappa shape index (κ3) is 13.1. The number of halogens is 10. The molecule has 0 saturated carbocycles. The smallest absolute Gasteiger partial charge is 0.471 e. The van der Waals surface area contributed by atoms with Crippen molar-refractivity contribution < 1.29 is 82.4 Å². The van der Waals surface area contributed by atoms with Crippen LogP contribution in [0.15, 0.2) is 84.9 Å². The van der Waals surface area contributed by atoms with E-state index in [1.807, 2.05) is 62.4 Å². The van der Waals surface area contributed by atoms with E-state index >= 15 is 0 Å². The fraction of sp³-hybridized carbons (Fsp3) is 0.263. The summed E-state index contributed by atoms with van der Waals surface area (Å²) in [5.74, 6) is -21.7. The highest BCUT2D eigenvalue weighted by molar-refractivity contribution is 5.90. The number of carboxylic acids is 1. The lowest BCUT2D eigenvalue weighted by Crippen LogP contribution is -2.52. The lowest BCUT2D eigenvalue weighted by atomic mass is 10.0. The van der Waals surface area contributed by atoms with E-state index in [1.165, 1.54) is 0 Å². The summed E-state index contributed by atoms with van der Waals surface area (Å²) in [6.07, 6.45) is -11.4. The van der Waals surface area contributed by atoms with Gasteiger partial charge in [0.05, 0.1) is 0 Å². The lowest BCUT2D eigenvalue weighted by molar-refractivity contribution is -0.243. The second-order valence-corrected chi connectivity index (χ2v) is 12.4. The topological polar surface area (TPSA) is 140 Å². The van der Waals surface area contributed by atoms with Gasteiger partial charge in [-0.05, 0) is 47.7 Å². The Hall–Kier alpha value is -6.34. The first-order chi connectivity index (χ1) is 27.1. The zero-order chi connectivity index (χ0) is 43.4. The standard InChI is InChI=1S/C23H28N2O5.C15H4F10O3/c1-16(2)13-19(25-23(29)30-15-18-11-7-4-8-12-18)21(26)24-20(22(27)28)14-17-9-5-3-6-10-17;16-5-1-3-7(11(20)9(5)18)27-14(22,23)13(26)15(24,25)28-8-4-2-6(17)10(19)12(8)21/h3-12,16,19-20H,13-15H2,1-2H3,(H,24,26)(H,25,29)(H,27,28);1-4H/t19-,20-;/m0./s1. The molecule has 0 aliphatic heterocycles. The van der Waals surface area contributed by atoms with Gasteiger partial charge in [0.1, 0.15) is 18.7 Å². The molecule has 2 atom stereocenters. The molecule has 0 unspecified atom stereocenters. The minimum atomic E-state index is -5.59. The highest BCUT2D eigenvalue weighted by Crippen LogP contribution is 2.35. The highest BCUT2D eigenvalue weighted by Gasteiger charge is 2.60. The minimum Gasteiger partial charge on any atom is -0.480 e. The van der Waals surface area contributed by atoms with Gasteiger partial charge in [0.15, 0.2) is 34.8 Å². The summed E-state index contributed by atoms with van der Waals surface area (Å²) in [5.41, 5.74) is 1.62. The molecule has 0 bridgehead atoms. The third-order valence-electron chi connectivity index (χ3n) is 7.43. The van der Waals surface area contributed by atoms with Crippen molar-refractivity contribution in [1.82, 2.24) is 10.6 Å². The van der Waals surface area contributed by atoms with Crippen LogP contribution in [0.1, 0.15) is 31.4 Å². The molecule has 0 aliphatic carbocycles. The number of ketones is 1. The number of alkyl halides is 4. The molecular weight excluding hydrogens is 802 g/mol. The zero-order valence-corrected chi connectivity index (χ0v) is 30.0. The molecule has 20 heteroatoms. The molecule has 4 aromatic rings. The van der Waals surface area contributed by atoms with Crippen LogP contribution in [0.2, 0.25) is 0 Å². The first kappa shape index (κ1) is 46.0. The molecule has 0 fully saturated rings. The number of carbonyl (C=O) groups excluding carboxylic acids is 3. The summed E-state index contributed by atoms with van der Waals surface area (Å²) in [4.78, 5) is 47.9. The van der Waals surface area contributed by atoms with E-state index in [0.29, 0.717) is 6.42 Å². The van der Waals surface area contributed by atoms with Crippen LogP contribution in [0.25, 0.3) is 0 Å². The summed E-state index contributed by atoms with van der Waals surface area (Å²) in [6.45, 7) is 3.90. The molecule has 3 N–H and O–H groups in total. The molecule has 0 radical (unpaired) electrons. The number of carboxylic acid groups (broad SMARTS) is 1. The van der Waals surface area contributed by atoms with Crippen molar-refractivity contribution >= 4 is 23.8 Å². The van der Waals surface area contributed by atoms with Gasteiger partial charge in [-0.25, -0.2) is 27.2 Å². The van der Waals surface area contributed by atoms with Crippen LogP contribution in [-0.4, -0.2) is 53.2 Å². The summed E-state index contributed by atoms with van der Waals surface area (Å²) in [6, 6.07) is 16.6. The predicted molar refractivity (Wildman–Crippen MR) is 182 cm³/mol. The summed E-state index contributed by atoms with van der Waals surface area (Å²) in [5, 5.41) is 14.6. The average molecular weight is 835 g/mol. The number of rotatable bonds is 16. The van der Waals surface area contributed by atoms with E-state index in [4.69, 9.17) is 4.74 Å². The van der Waals surface area contributed by atoms with Crippen LogP contribution in [0.4, 0.5) is 48.7 Å². The number of aliphatic carboxylic acids is 1. The van der Waals surface area contributed by atoms with Crippen LogP contribution in [-0.2, 0) is 32.1 Å². The van der Waals surface area contributed by atoms with Crippen molar-refractivity contribution in [2.45, 2.75) is 57.6 Å². The van der Waals surface area contributed by atoms with Gasteiger partial charge in [-0.1, -0.05) is 74.5 Å². The van der Waals surface area contributed by atoms with E-state index in [9.17, 15) is 68.2 Å². The van der Waals surface area contributed by atoms with Crippen molar-refractivity contribution in [3.63, 3.8) is 0 Å². The van der Waals surface area contributed by atoms with Gasteiger partial charge < -0.3 is 30.0 Å². The van der Waals surface area contributed by atoms with Crippen LogP contribution >= 0.6 is 0 Å². The number of Topliss-reactive ketones (excluding diaryl/α,β-unsaturated/α-hetero) is 1. The Kier molecular flexibility index (Phi) is 16.0. The molecule has 0 aromatic heterocycles.